The summed E-state index contributed by atoms with van der Waals surface area (Å²) in [5, 5.41) is 19.6. The van der Waals surface area contributed by atoms with Gasteiger partial charge in [0.15, 0.2) is 6.23 Å². The Morgan fingerprint density at radius 3 is 2.71 bits per heavy atom. The van der Waals surface area contributed by atoms with Gasteiger partial charge in [0.05, 0.1) is 6.61 Å². The molecule has 0 bridgehead atoms. The molecule has 8 nitrogen and oxygen atoms in total. The van der Waals surface area contributed by atoms with Crippen LogP contribution in [-0.4, -0.2) is 55.4 Å². The van der Waals surface area contributed by atoms with Crippen molar-refractivity contribution in [2.24, 2.45) is 0 Å². The first kappa shape index (κ1) is 19.5. The Labute approximate surface area is 147 Å². The SMILES string of the molecule is CC(C)(C)SSCO[C@@H]1[C@H](O)[C@@H](CO)O[C@H]1n1ccc(=O)[nH]c1=O. The Hall–Kier alpha value is -0.780. The van der Waals surface area contributed by atoms with Crippen LogP contribution in [0.4, 0.5) is 0 Å². The van der Waals surface area contributed by atoms with E-state index in [-0.39, 0.29) is 10.7 Å². The molecule has 24 heavy (non-hydrogen) atoms. The number of aliphatic hydroxyl groups excluding tert-OH is 2. The number of nitrogens with zero attached hydrogens (tertiary/aromatic N) is 1. The first-order valence-electron chi connectivity index (χ1n) is 7.41. The minimum absolute atomic E-state index is 0.0573. The number of ether oxygens (including phenoxy) is 2. The van der Waals surface area contributed by atoms with Crippen molar-refractivity contribution < 1.29 is 19.7 Å². The fraction of sp³-hybridized carbons (Fsp3) is 0.714. The highest BCUT2D eigenvalue weighted by atomic mass is 33.1. The second-order valence-electron chi connectivity index (χ2n) is 6.32. The normalized spacial score (nSPS) is 27.5. The zero-order chi connectivity index (χ0) is 17.9. The van der Waals surface area contributed by atoms with Gasteiger partial charge in [-0.05, 0) is 0 Å². The van der Waals surface area contributed by atoms with Crippen molar-refractivity contribution in [3.05, 3.63) is 33.1 Å². The van der Waals surface area contributed by atoms with Crippen molar-refractivity contribution in [1.82, 2.24) is 9.55 Å². The van der Waals surface area contributed by atoms with Gasteiger partial charge < -0.3 is 19.7 Å². The van der Waals surface area contributed by atoms with Crippen LogP contribution < -0.4 is 11.2 Å². The van der Waals surface area contributed by atoms with Gasteiger partial charge in [-0.3, -0.25) is 14.3 Å². The van der Waals surface area contributed by atoms with E-state index >= 15 is 0 Å². The Bertz CT molecular complexity index is 656. The number of aliphatic hydroxyl groups is 2. The average Bonchev–Trinajstić information content (AvgIpc) is 2.79. The highest BCUT2D eigenvalue weighted by Gasteiger charge is 2.45. The quantitative estimate of drug-likeness (QED) is 0.368. The summed E-state index contributed by atoms with van der Waals surface area (Å²) in [6.07, 6.45) is -2.43. The zero-order valence-corrected chi connectivity index (χ0v) is 15.3. The maximum absolute atomic E-state index is 12.0. The Morgan fingerprint density at radius 1 is 1.42 bits per heavy atom. The summed E-state index contributed by atoms with van der Waals surface area (Å²) in [6.45, 7) is 5.81. The Kier molecular flexibility index (Phi) is 6.57. The molecule has 1 fully saturated rings. The number of H-pyrrole nitrogens is 1. The standard InChI is InChI=1S/C14H22N2O6S2/c1-14(2,3)24-23-7-21-11-10(19)8(6-17)22-12(11)16-5-4-9(18)15-13(16)20/h4-5,8,10-12,17,19H,6-7H2,1-3H3,(H,15,18,20)/t8-,10-,11-,12-/m1/s1. The monoisotopic (exact) mass is 378 g/mol. The Morgan fingerprint density at radius 2 is 2.12 bits per heavy atom. The lowest BCUT2D eigenvalue weighted by Crippen LogP contribution is -2.39. The number of hydrogen-bond donors (Lipinski definition) is 3. The van der Waals surface area contributed by atoms with Gasteiger partial charge in [-0.25, -0.2) is 4.79 Å². The number of hydrogen-bond acceptors (Lipinski definition) is 8. The van der Waals surface area contributed by atoms with E-state index < -0.39 is 42.4 Å². The molecule has 0 saturated carbocycles. The van der Waals surface area contributed by atoms with Crippen LogP contribution in [0.1, 0.15) is 27.0 Å². The molecule has 0 spiro atoms. The van der Waals surface area contributed by atoms with E-state index in [0.717, 1.165) is 4.57 Å². The van der Waals surface area contributed by atoms with Gasteiger partial charge in [0, 0.05) is 17.0 Å². The first-order valence-corrected chi connectivity index (χ1v) is 9.73. The van der Waals surface area contributed by atoms with Gasteiger partial charge in [0.1, 0.15) is 24.3 Å². The molecule has 0 aromatic carbocycles. The fourth-order valence-electron chi connectivity index (χ4n) is 2.21. The van der Waals surface area contributed by atoms with Crippen LogP contribution in [0.15, 0.2) is 21.9 Å². The lowest BCUT2D eigenvalue weighted by Gasteiger charge is -2.23. The van der Waals surface area contributed by atoms with Crippen LogP contribution in [0, 0.1) is 0 Å². The molecular formula is C14H22N2O6S2. The third kappa shape index (κ3) is 4.87. The van der Waals surface area contributed by atoms with Crippen LogP contribution in [0.2, 0.25) is 0 Å². The molecule has 10 heteroatoms. The van der Waals surface area contributed by atoms with Crippen molar-refractivity contribution in [3.8, 4) is 0 Å². The van der Waals surface area contributed by atoms with Crippen molar-refractivity contribution in [1.29, 1.82) is 0 Å². The predicted octanol–water partition coefficient (Wildman–Crippen LogP) is 0.310. The molecule has 1 aliphatic heterocycles. The van der Waals surface area contributed by atoms with E-state index in [1.165, 1.54) is 23.1 Å². The summed E-state index contributed by atoms with van der Waals surface area (Å²) in [4.78, 5) is 25.3. The summed E-state index contributed by atoms with van der Waals surface area (Å²) in [5.41, 5.74) is -1.19. The molecule has 4 atom stereocenters. The molecule has 1 aromatic heterocycles. The third-order valence-corrected chi connectivity index (χ3v) is 6.23. The predicted molar refractivity (Wildman–Crippen MR) is 93.0 cm³/mol. The molecule has 0 amide bonds. The van der Waals surface area contributed by atoms with E-state index in [2.05, 4.69) is 25.8 Å². The third-order valence-electron chi connectivity index (χ3n) is 3.24. The second-order valence-corrected chi connectivity index (χ2v) is 9.39. The number of nitrogens with one attached hydrogen (secondary N) is 1. The minimum atomic E-state index is -1.08. The molecule has 136 valence electrons. The van der Waals surface area contributed by atoms with Crippen molar-refractivity contribution in [2.75, 3.05) is 12.5 Å². The summed E-state index contributed by atoms with van der Waals surface area (Å²) in [7, 11) is 3.11. The van der Waals surface area contributed by atoms with Crippen molar-refractivity contribution in [2.45, 2.75) is 50.1 Å². The fourth-order valence-corrected chi connectivity index (χ4v) is 4.19. The van der Waals surface area contributed by atoms with Crippen molar-refractivity contribution in [3.63, 3.8) is 0 Å². The lowest BCUT2D eigenvalue weighted by atomic mass is 10.1. The second kappa shape index (κ2) is 8.07. The van der Waals surface area contributed by atoms with Crippen LogP contribution in [0.3, 0.4) is 0 Å². The minimum Gasteiger partial charge on any atom is -0.394 e. The van der Waals surface area contributed by atoms with Gasteiger partial charge in [-0.15, -0.1) is 0 Å². The van der Waals surface area contributed by atoms with Gasteiger partial charge in [0.25, 0.3) is 5.56 Å². The van der Waals surface area contributed by atoms with E-state index in [0.29, 0.717) is 0 Å². The van der Waals surface area contributed by atoms with Gasteiger partial charge in [-0.1, -0.05) is 42.4 Å². The van der Waals surface area contributed by atoms with Crippen molar-refractivity contribution >= 4 is 21.6 Å². The molecule has 3 N–H and O–H groups in total. The van der Waals surface area contributed by atoms with E-state index in [1.807, 2.05) is 0 Å². The summed E-state index contributed by atoms with van der Waals surface area (Å²) in [5.74, 6) is 0.278. The molecule has 0 aliphatic carbocycles. The lowest BCUT2D eigenvalue weighted by molar-refractivity contribution is -0.0649. The summed E-state index contributed by atoms with van der Waals surface area (Å²) < 4.78 is 12.4. The largest absolute Gasteiger partial charge is 0.394 e. The van der Waals surface area contributed by atoms with Crippen LogP contribution in [0.25, 0.3) is 0 Å². The highest BCUT2D eigenvalue weighted by Crippen LogP contribution is 2.37. The first-order chi connectivity index (χ1) is 11.2. The summed E-state index contributed by atoms with van der Waals surface area (Å²) in [6, 6.07) is 1.19. The average molecular weight is 378 g/mol. The maximum atomic E-state index is 12.0. The van der Waals surface area contributed by atoms with Crippen LogP contribution in [-0.2, 0) is 9.47 Å². The maximum Gasteiger partial charge on any atom is 0.330 e. The molecule has 0 unspecified atom stereocenters. The van der Waals surface area contributed by atoms with E-state index in [9.17, 15) is 19.8 Å². The van der Waals surface area contributed by atoms with E-state index in [4.69, 9.17) is 9.47 Å². The van der Waals surface area contributed by atoms with Gasteiger partial charge in [-0.2, -0.15) is 0 Å². The van der Waals surface area contributed by atoms with Crippen LogP contribution >= 0.6 is 21.6 Å². The van der Waals surface area contributed by atoms with E-state index in [1.54, 1.807) is 10.8 Å². The van der Waals surface area contributed by atoms with Gasteiger partial charge >= 0.3 is 5.69 Å². The number of aromatic nitrogens is 2. The highest BCUT2D eigenvalue weighted by molar-refractivity contribution is 8.77. The number of rotatable bonds is 6. The van der Waals surface area contributed by atoms with Crippen LogP contribution in [0.5, 0.6) is 0 Å². The molecule has 1 aromatic rings. The molecule has 2 rings (SSSR count). The van der Waals surface area contributed by atoms with Gasteiger partial charge in [0.2, 0.25) is 0 Å². The smallest absolute Gasteiger partial charge is 0.330 e. The zero-order valence-electron chi connectivity index (χ0n) is 13.7. The Balaban J connectivity index is 2.12. The topological polar surface area (TPSA) is 114 Å². The summed E-state index contributed by atoms with van der Waals surface area (Å²) >= 11 is 0. The molecule has 1 saturated heterocycles. The molecule has 0 radical (unpaired) electrons. The molecule has 1 aliphatic rings. The molecule has 2 heterocycles. The number of aromatic amines is 1. The molecular weight excluding hydrogens is 356 g/mol.